The summed E-state index contributed by atoms with van der Waals surface area (Å²) in [5, 5.41) is 9.12. The molecule has 0 aliphatic rings. The molecule has 1 aromatic heterocycles. The van der Waals surface area contributed by atoms with Gasteiger partial charge in [0.15, 0.2) is 0 Å². The lowest BCUT2D eigenvalue weighted by Crippen LogP contribution is -2.43. The number of nitrogens with one attached hydrogen (secondary N) is 2. The van der Waals surface area contributed by atoms with Crippen LogP contribution in [0.1, 0.15) is 26.2 Å². The van der Waals surface area contributed by atoms with Gasteiger partial charge in [0.2, 0.25) is 5.91 Å². The molecule has 1 rings (SSSR count). The topological polar surface area (TPSA) is 106 Å². The molecule has 1 atom stereocenters. The number of carbonyl (C=O) groups excluding carboxylic acids is 3. The Morgan fingerprint density at radius 3 is 2.64 bits per heavy atom. The van der Waals surface area contributed by atoms with Gasteiger partial charge in [0.05, 0.1) is 24.5 Å². The molecule has 0 aromatic carbocycles. The number of aromatic nitrogens is 2. The van der Waals surface area contributed by atoms with Crippen molar-refractivity contribution in [3.05, 3.63) is 12.4 Å². The molecule has 0 radical (unpaired) electrons. The van der Waals surface area contributed by atoms with Crippen molar-refractivity contribution in [1.82, 2.24) is 20.0 Å². The summed E-state index contributed by atoms with van der Waals surface area (Å²) >= 11 is 0. The Morgan fingerprint density at radius 2 is 2.04 bits per heavy atom. The Bertz CT molecular complexity index is 585. The normalized spacial score (nSPS) is 11.7. The summed E-state index contributed by atoms with van der Waals surface area (Å²) in [5.41, 5.74) is 0.351. The minimum absolute atomic E-state index is 0.0575. The highest BCUT2D eigenvalue weighted by atomic mass is 16.5. The van der Waals surface area contributed by atoms with Gasteiger partial charge in [-0.05, 0) is 6.42 Å². The Kier molecular flexibility index (Phi) is 8.62. The maximum atomic E-state index is 12.0. The lowest BCUT2D eigenvalue weighted by atomic mass is 10.1. The summed E-state index contributed by atoms with van der Waals surface area (Å²) in [6.07, 6.45) is 5.55. The molecule has 0 unspecified atom stereocenters. The molecule has 1 heterocycles. The number of ether oxygens (including phenoxy) is 1. The van der Waals surface area contributed by atoms with E-state index >= 15 is 0 Å². The van der Waals surface area contributed by atoms with E-state index in [0.717, 1.165) is 19.3 Å². The molecule has 0 spiro atoms. The standard InChI is InChI=1S/C16H27N5O4/c1-5-6-7-12(11-25-4)18-15(23)16(24)19-13-8-17-21(9-13)10-14(22)20(2)3/h8-9,12H,5-7,10-11H2,1-4H3,(H,18,23)(H,19,24)/t12-/m0/s1. The summed E-state index contributed by atoms with van der Waals surface area (Å²) in [6.45, 7) is 2.46. The molecule has 0 aliphatic heterocycles. The van der Waals surface area contributed by atoms with Gasteiger partial charge >= 0.3 is 11.8 Å². The SMILES string of the molecule is CCCC[C@@H](COC)NC(=O)C(=O)Nc1cnn(CC(=O)N(C)C)c1. The second kappa shape index (κ2) is 10.4. The van der Waals surface area contributed by atoms with Gasteiger partial charge in [-0.25, -0.2) is 0 Å². The summed E-state index contributed by atoms with van der Waals surface area (Å²) < 4.78 is 6.46. The van der Waals surface area contributed by atoms with Gasteiger partial charge in [-0.3, -0.25) is 19.1 Å². The second-order valence-electron chi connectivity index (χ2n) is 5.94. The van der Waals surface area contributed by atoms with Crippen LogP contribution in [0.3, 0.4) is 0 Å². The minimum atomic E-state index is -0.781. The largest absolute Gasteiger partial charge is 0.383 e. The van der Waals surface area contributed by atoms with E-state index in [4.69, 9.17) is 4.74 Å². The van der Waals surface area contributed by atoms with E-state index in [1.54, 1.807) is 21.2 Å². The lowest BCUT2D eigenvalue weighted by molar-refractivity contribution is -0.136. The van der Waals surface area contributed by atoms with Crippen molar-refractivity contribution < 1.29 is 19.1 Å². The number of nitrogens with zero attached hydrogens (tertiary/aromatic N) is 3. The second-order valence-corrected chi connectivity index (χ2v) is 5.94. The molecule has 9 heteroatoms. The van der Waals surface area contributed by atoms with Crippen LogP contribution >= 0.6 is 0 Å². The average Bonchev–Trinajstić information content (AvgIpc) is 2.99. The van der Waals surface area contributed by atoms with Crippen LogP contribution in [0, 0.1) is 0 Å². The Morgan fingerprint density at radius 1 is 1.32 bits per heavy atom. The molecule has 2 N–H and O–H groups in total. The van der Waals surface area contributed by atoms with Crippen molar-refractivity contribution in [2.75, 3.05) is 33.1 Å². The molecule has 0 saturated heterocycles. The van der Waals surface area contributed by atoms with Crippen molar-refractivity contribution in [2.24, 2.45) is 0 Å². The first-order valence-electron chi connectivity index (χ1n) is 8.20. The fourth-order valence-electron chi connectivity index (χ4n) is 2.08. The molecule has 0 bridgehead atoms. The van der Waals surface area contributed by atoms with Gasteiger partial charge in [0, 0.05) is 27.4 Å². The van der Waals surface area contributed by atoms with Crippen molar-refractivity contribution in [2.45, 2.75) is 38.8 Å². The maximum Gasteiger partial charge on any atom is 0.313 e. The van der Waals surface area contributed by atoms with Crippen LogP contribution in [-0.4, -0.2) is 66.3 Å². The molecule has 3 amide bonds. The monoisotopic (exact) mass is 353 g/mol. The quantitative estimate of drug-likeness (QED) is 0.618. The number of anilines is 1. The molecule has 1 aromatic rings. The zero-order chi connectivity index (χ0) is 18.8. The number of unbranched alkanes of at least 4 members (excludes halogenated alkanes) is 1. The van der Waals surface area contributed by atoms with Crippen molar-refractivity contribution in [3.8, 4) is 0 Å². The number of carbonyl (C=O) groups is 3. The van der Waals surface area contributed by atoms with Gasteiger partial charge in [0.25, 0.3) is 0 Å². The lowest BCUT2D eigenvalue weighted by Gasteiger charge is -2.17. The number of likely N-dealkylation sites (N-methyl/N-ethyl adjacent to an activating group) is 1. The number of methoxy groups -OCH3 is 1. The van der Waals surface area contributed by atoms with E-state index in [1.165, 1.54) is 22.0 Å². The van der Waals surface area contributed by atoms with Gasteiger partial charge in [-0.1, -0.05) is 19.8 Å². The summed E-state index contributed by atoms with van der Waals surface area (Å²) in [7, 11) is 4.84. The molecular formula is C16H27N5O4. The molecule has 9 nitrogen and oxygen atoms in total. The van der Waals surface area contributed by atoms with Crippen molar-refractivity contribution in [3.63, 3.8) is 0 Å². The van der Waals surface area contributed by atoms with Crippen LogP contribution in [-0.2, 0) is 25.7 Å². The fourth-order valence-corrected chi connectivity index (χ4v) is 2.08. The highest BCUT2D eigenvalue weighted by Gasteiger charge is 2.19. The summed E-state index contributed by atoms with van der Waals surface area (Å²) in [6, 6.07) is -0.205. The number of rotatable bonds is 9. The van der Waals surface area contributed by atoms with E-state index in [2.05, 4.69) is 22.7 Å². The van der Waals surface area contributed by atoms with Gasteiger partial charge in [0.1, 0.15) is 6.54 Å². The Labute approximate surface area is 147 Å². The van der Waals surface area contributed by atoms with E-state index < -0.39 is 11.8 Å². The van der Waals surface area contributed by atoms with Crippen molar-refractivity contribution in [1.29, 1.82) is 0 Å². The highest BCUT2D eigenvalue weighted by molar-refractivity contribution is 6.39. The van der Waals surface area contributed by atoms with Crippen molar-refractivity contribution >= 4 is 23.4 Å². The van der Waals surface area contributed by atoms with Crippen LogP contribution in [0.5, 0.6) is 0 Å². The van der Waals surface area contributed by atoms with Crippen LogP contribution in [0.4, 0.5) is 5.69 Å². The van der Waals surface area contributed by atoms with Crippen LogP contribution in [0.25, 0.3) is 0 Å². The Balaban J connectivity index is 2.55. The summed E-state index contributed by atoms with van der Waals surface area (Å²) in [4.78, 5) is 37.1. The van der Waals surface area contributed by atoms with Gasteiger partial charge < -0.3 is 20.3 Å². The smallest absolute Gasteiger partial charge is 0.313 e. The molecule has 0 aliphatic carbocycles. The maximum absolute atomic E-state index is 12.0. The number of amides is 3. The van der Waals surface area contributed by atoms with Gasteiger partial charge in [-0.15, -0.1) is 0 Å². The average molecular weight is 353 g/mol. The number of hydrogen-bond donors (Lipinski definition) is 2. The predicted octanol–water partition coefficient (Wildman–Crippen LogP) is 0.231. The van der Waals surface area contributed by atoms with E-state index in [-0.39, 0.29) is 18.5 Å². The third kappa shape index (κ3) is 7.34. The first-order chi connectivity index (χ1) is 11.9. The van der Waals surface area contributed by atoms with Crippen LogP contribution < -0.4 is 10.6 Å². The van der Waals surface area contributed by atoms with Crippen LogP contribution in [0.15, 0.2) is 12.4 Å². The third-order valence-corrected chi connectivity index (χ3v) is 3.50. The minimum Gasteiger partial charge on any atom is -0.383 e. The molecule has 0 fully saturated rings. The Hall–Kier alpha value is -2.42. The molecule has 140 valence electrons. The highest BCUT2D eigenvalue weighted by Crippen LogP contribution is 2.06. The molecular weight excluding hydrogens is 326 g/mol. The third-order valence-electron chi connectivity index (χ3n) is 3.50. The zero-order valence-corrected chi connectivity index (χ0v) is 15.2. The molecule has 0 saturated carbocycles. The van der Waals surface area contributed by atoms with E-state index in [0.29, 0.717) is 12.3 Å². The first kappa shape index (κ1) is 20.6. The van der Waals surface area contributed by atoms with E-state index in [9.17, 15) is 14.4 Å². The first-order valence-corrected chi connectivity index (χ1v) is 8.20. The van der Waals surface area contributed by atoms with Crippen LogP contribution in [0.2, 0.25) is 0 Å². The molecule has 25 heavy (non-hydrogen) atoms. The number of hydrogen-bond acceptors (Lipinski definition) is 5. The van der Waals surface area contributed by atoms with Gasteiger partial charge in [-0.2, -0.15) is 5.10 Å². The predicted molar refractivity (Wildman–Crippen MR) is 92.9 cm³/mol. The zero-order valence-electron chi connectivity index (χ0n) is 15.2. The fraction of sp³-hybridized carbons (Fsp3) is 0.625. The van der Waals surface area contributed by atoms with E-state index in [1.807, 2.05) is 0 Å². The summed E-state index contributed by atoms with van der Waals surface area (Å²) in [5.74, 6) is -1.64.